The predicted octanol–water partition coefficient (Wildman–Crippen LogP) is 2.39. The van der Waals surface area contributed by atoms with Crippen LogP contribution in [0.4, 0.5) is 0 Å². The summed E-state index contributed by atoms with van der Waals surface area (Å²) in [5.41, 5.74) is 1.69. The molecule has 0 N–H and O–H groups in total. The number of nitrogens with zero attached hydrogens (tertiary/aromatic N) is 3. The molecule has 2 heterocycles. The van der Waals surface area contributed by atoms with Gasteiger partial charge in [0.1, 0.15) is 0 Å². The normalized spacial score (nSPS) is 12.2. The van der Waals surface area contributed by atoms with Crippen molar-refractivity contribution < 1.29 is 14.1 Å². The molecular weight excluding hydrogens is 302 g/mol. The van der Waals surface area contributed by atoms with Crippen LogP contribution in [0, 0.1) is 6.92 Å². The Labute approximate surface area is 130 Å². The van der Waals surface area contributed by atoms with Gasteiger partial charge in [0.25, 0.3) is 0 Å². The average Bonchev–Trinajstić information content (AvgIpc) is 3.09. The van der Waals surface area contributed by atoms with Gasteiger partial charge in [0, 0.05) is 19.7 Å². The Balaban J connectivity index is 2.08. The van der Waals surface area contributed by atoms with E-state index in [-0.39, 0.29) is 5.76 Å². The van der Waals surface area contributed by atoms with E-state index in [0.717, 1.165) is 10.2 Å². The molecule has 0 fully saturated rings. The molecule has 22 heavy (non-hydrogen) atoms. The maximum atomic E-state index is 12.2. The lowest BCUT2D eigenvalue weighted by molar-refractivity contribution is 0.0962. The van der Waals surface area contributed by atoms with E-state index < -0.39 is 5.91 Å². The third-order valence-corrected chi connectivity index (χ3v) is 4.20. The molecule has 0 aliphatic heterocycles. The van der Waals surface area contributed by atoms with Gasteiger partial charge in [0.15, 0.2) is 4.80 Å². The second-order valence-electron chi connectivity index (χ2n) is 4.75. The highest BCUT2D eigenvalue weighted by Crippen LogP contribution is 2.16. The number of fused-ring (bicyclic) bond motifs is 1. The Morgan fingerprint density at radius 2 is 2.27 bits per heavy atom. The zero-order valence-electron chi connectivity index (χ0n) is 12.3. The fourth-order valence-electron chi connectivity index (χ4n) is 2.11. The number of amides is 1. The number of aromatic nitrogens is 2. The predicted molar refractivity (Wildman–Crippen MR) is 82.8 cm³/mol. The van der Waals surface area contributed by atoms with Crippen molar-refractivity contribution in [2.24, 2.45) is 4.99 Å². The highest BCUT2D eigenvalue weighted by molar-refractivity contribution is 7.16. The molecule has 0 aliphatic rings. The third-order valence-electron chi connectivity index (χ3n) is 3.14. The van der Waals surface area contributed by atoms with Crippen LogP contribution in [0.15, 0.2) is 39.8 Å². The van der Waals surface area contributed by atoms with Crippen molar-refractivity contribution >= 4 is 27.5 Å². The zero-order chi connectivity index (χ0) is 15.5. The number of benzene rings is 1. The molecule has 0 bridgehead atoms. The first-order valence-electron chi connectivity index (χ1n) is 6.78. The first-order chi connectivity index (χ1) is 10.7. The molecule has 2 aromatic heterocycles. The lowest BCUT2D eigenvalue weighted by Crippen LogP contribution is -2.19. The van der Waals surface area contributed by atoms with E-state index in [9.17, 15) is 4.79 Å². The molecule has 7 heteroatoms. The molecule has 0 saturated carbocycles. The van der Waals surface area contributed by atoms with E-state index in [4.69, 9.17) is 9.26 Å². The van der Waals surface area contributed by atoms with Crippen LogP contribution in [-0.2, 0) is 11.3 Å². The number of carbonyl (C=O) groups excluding carboxylic acids is 1. The summed E-state index contributed by atoms with van der Waals surface area (Å²) in [5.74, 6) is -0.286. The van der Waals surface area contributed by atoms with Gasteiger partial charge < -0.3 is 13.8 Å². The molecule has 0 aliphatic carbocycles. The lowest BCUT2D eigenvalue weighted by Gasteiger charge is -2.03. The number of methoxy groups -OCH3 is 1. The Bertz CT molecular complexity index is 875. The Morgan fingerprint density at radius 3 is 3.00 bits per heavy atom. The minimum Gasteiger partial charge on any atom is -0.383 e. The van der Waals surface area contributed by atoms with E-state index in [2.05, 4.69) is 10.1 Å². The summed E-state index contributed by atoms with van der Waals surface area (Å²) in [6.45, 7) is 2.93. The number of rotatable bonds is 4. The summed E-state index contributed by atoms with van der Waals surface area (Å²) in [6.07, 6.45) is 0. The SMILES string of the molecule is COCCn1c(=NC(=O)c2cc(C)no2)sc2ccccc21. The van der Waals surface area contributed by atoms with Gasteiger partial charge in [-0.2, -0.15) is 4.99 Å². The fourth-order valence-corrected chi connectivity index (χ4v) is 3.17. The summed E-state index contributed by atoms with van der Waals surface area (Å²) in [4.78, 5) is 17.0. The van der Waals surface area contributed by atoms with Crippen LogP contribution < -0.4 is 4.80 Å². The quantitative estimate of drug-likeness (QED) is 0.741. The molecule has 0 atom stereocenters. The van der Waals surface area contributed by atoms with Crippen LogP contribution >= 0.6 is 11.3 Å². The molecule has 1 aromatic carbocycles. The van der Waals surface area contributed by atoms with Crippen LogP contribution in [0.25, 0.3) is 10.2 Å². The van der Waals surface area contributed by atoms with Crippen molar-refractivity contribution in [1.82, 2.24) is 9.72 Å². The van der Waals surface area contributed by atoms with E-state index in [1.165, 1.54) is 11.3 Å². The first-order valence-corrected chi connectivity index (χ1v) is 7.60. The van der Waals surface area contributed by atoms with Crippen molar-refractivity contribution in [2.45, 2.75) is 13.5 Å². The van der Waals surface area contributed by atoms with Gasteiger partial charge in [0.2, 0.25) is 5.76 Å². The average molecular weight is 317 g/mol. The van der Waals surface area contributed by atoms with Gasteiger partial charge in [-0.05, 0) is 19.1 Å². The molecule has 3 rings (SSSR count). The number of carbonyl (C=O) groups is 1. The molecule has 6 nitrogen and oxygen atoms in total. The van der Waals surface area contributed by atoms with E-state index >= 15 is 0 Å². The highest BCUT2D eigenvalue weighted by atomic mass is 32.1. The molecule has 114 valence electrons. The van der Waals surface area contributed by atoms with E-state index in [0.29, 0.717) is 23.6 Å². The summed E-state index contributed by atoms with van der Waals surface area (Å²) >= 11 is 1.46. The number of aryl methyl sites for hydroxylation is 1. The number of thiazole rings is 1. The van der Waals surface area contributed by atoms with Gasteiger partial charge in [-0.3, -0.25) is 4.79 Å². The number of hydrogen-bond acceptors (Lipinski definition) is 5. The standard InChI is InChI=1S/C15H15N3O3S/c1-10-9-12(21-17-10)14(19)16-15-18(7-8-20-2)11-5-3-4-6-13(11)22-15/h3-6,9H,7-8H2,1-2H3. The monoisotopic (exact) mass is 317 g/mol. The molecule has 0 saturated heterocycles. The van der Waals surface area contributed by atoms with Crippen molar-refractivity contribution in [3.63, 3.8) is 0 Å². The van der Waals surface area contributed by atoms with Crippen LogP contribution in [0.5, 0.6) is 0 Å². The van der Waals surface area contributed by atoms with Crippen LogP contribution in [0.1, 0.15) is 16.2 Å². The maximum Gasteiger partial charge on any atom is 0.318 e. The van der Waals surface area contributed by atoms with Gasteiger partial charge in [-0.1, -0.05) is 28.6 Å². The Kier molecular flexibility index (Phi) is 4.17. The largest absolute Gasteiger partial charge is 0.383 e. The number of para-hydroxylation sites is 1. The molecule has 1 amide bonds. The second-order valence-corrected chi connectivity index (χ2v) is 5.76. The summed E-state index contributed by atoms with van der Waals surface area (Å²) in [6, 6.07) is 9.52. The van der Waals surface area contributed by atoms with E-state index in [1.807, 2.05) is 28.8 Å². The number of hydrogen-bond donors (Lipinski definition) is 0. The second kappa shape index (κ2) is 6.25. The van der Waals surface area contributed by atoms with Crippen LogP contribution in [0.2, 0.25) is 0 Å². The van der Waals surface area contributed by atoms with Crippen molar-refractivity contribution in [3.8, 4) is 0 Å². The molecule has 3 aromatic rings. The summed E-state index contributed by atoms with van der Waals surface area (Å²) in [5, 5.41) is 3.71. The zero-order valence-corrected chi connectivity index (χ0v) is 13.1. The lowest BCUT2D eigenvalue weighted by atomic mass is 10.3. The summed E-state index contributed by atoms with van der Waals surface area (Å²) < 4.78 is 13.2. The number of ether oxygens (including phenoxy) is 1. The van der Waals surface area contributed by atoms with Crippen LogP contribution in [0.3, 0.4) is 0 Å². The molecular formula is C15H15N3O3S. The first kappa shape index (κ1) is 14.7. The van der Waals surface area contributed by atoms with Gasteiger partial charge in [-0.25, -0.2) is 0 Å². The van der Waals surface area contributed by atoms with Gasteiger partial charge >= 0.3 is 5.91 Å². The van der Waals surface area contributed by atoms with Crippen molar-refractivity contribution in [3.05, 3.63) is 46.6 Å². The summed E-state index contributed by atoms with van der Waals surface area (Å²) in [7, 11) is 1.65. The fraction of sp³-hybridized carbons (Fsp3) is 0.267. The molecule has 0 radical (unpaired) electrons. The molecule has 0 spiro atoms. The van der Waals surface area contributed by atoms with Gasteiger partial charge in [0.05, 0.1) is 22.5 Å². The van der Waals surface area contributed by atoms with E-state index in [1.54, 1.807) is 20.1 Å². The van der Waals surface area contributed by atoms with Crippen molar-refractivity contribution in [2.75, 3.05) is 13.7 Å². The Hall–Kier alpha value is -2.25. The third kappa shape index (κ3) is 2.86. The minimum atomic E-state index is -0.432. The van der Waals surface area contributed by atoms with Gasteiger partial charge in [-0.15, -0.1) is 0 Å². The smallest absolute Gasteiger partial charge is 0.318 e. The molecule has 0 unspecified atom stereocenters. The Morgan fingerprint density at radius 1 is 1.45 bits per heavy atom. The maximum absolute atomic E-state index is 12.2. The van der Waals surface area contributed by atoms with Crippen molar-refractivity contribution in [1.29, 1.82) is 0 Å². The minimum absolute atomic E-state index is 0.147. The highest BCUT2D eigenvalue weighted by Gasteiger charge is 2.12. The topological polar surface area (TPSA) is 69.6 Å². The van der Waals surface area contributed by atoms with Crippen LogP contribution in [-0.4, -0.2) is 29.3 Å².